The molecule has 0 aliphatic heterocycles. The predicted molar refractivity (Wildman–Crippen MR) is 78.6 cm³/mol. The Labute approximate surface area is 134 Å². The molecule has 0 radical (unpaired) electrons. The molecule has 1 aliphatic rings. The summed E-state index contributed by atoms with van der Waals surface area (Å²) in [5, 5.41) is 0. The number of hydrogen-bond donors (Lipinski definition) is 0. The van der Waals surface area contributed by atoms with E-state index >= 15 is 0 Å². The molecule has 0 saturated carbocycles. The van der Waals surface area contributed by atoms with Crippen LogP contribution in [0.3, 0.4) is 0 Å². The first-order chi connectivity index (χ1) is 6.54. The second kappa shape index (κ2) is 14.8. The van der Waals surface area contributed by atoms with Gasteiger partial charge in [0.25, 0.3) is 0 Å². The van der Waals surface area contributed by atoms with Crippen LogP contribution in [0, 0.1) is 12.0 Å². The Balaban J connectivity index is -0.0000000948. The molecule has 1 N–H and O–H groups in total. The number of nitrogens with one attached hydrogen (secondary N) is 1. The van der Waals surface area contributed by atoms with E-state index in [9.17, 15) is 0 Å². The largest absolute Gasteiger partial charge is 2.00 e. The first-order valence-corrected chi connectivity index (χ1v) is 5.47. The molecule has 0 spiro atoms. The standard InChI is InChI=1S/C9H13.C4H10N.2ClH.Ti/c1-6-5-7(2)9(4)8(6)3;1-2-3-4-5;;;/h6H,1-4H3;5H,2-4H2,1H3;2*1H;/q2*-1;;;+2. The van der Waals surface area contributed by atoms with Crippen molar-refractivity contribution in [1.29, 1.82) is 0 Å². The van der Waals surface area contributed by atoms with E-state index in [1.54, 1.807) is 0 Å². The van der Waals surface area contributed by atoms with Crippen LogP contribution in [0.4, 0.5) is 0 Å². The number of allylic oxidation sites excluding steroid dienone is 4. The van der Waals surface area contributed by atoms with E-state index in [1.807, 2.05) is 0 Å². The van der Waals surface area contributed by atoms with Crippen LogP contribution in [-0.4, -0.2) is 6.54 Å². The van der Waals surface area contributed by atoms with E-state index in [0.29, 0.717) is 12.5 Å². The van der Waals surface area contributed by atoms with E-state index in [1.165, 1.54) is 16.7 Å². The molecule has 0 heterocycles. The predicted octanol–water partition coefficient (Wildman–Crippen LogP) is 5.40. The van der Waals surface area contributed by atoms with Crippen LogP contribution >= 0.6 is 24.8 Å². The van der Waals surface area contributed by atoms with E-state index < -0.39 is 0 Å². The van der Waals surface area contributed by atoms with Gasteiger partial charge in [0.2, 0.25) is 0 Å². The molecular formula is C13H25Cl2NTi. The molecule has 0 amide bonds. The molecule has 1 aliphatic carbocycles. The topological polar surface area (TPSA) is 23.8 Å². The van der Waals surface area contributed by atoms with Gasteiger partial charge < -0.3 is 5.73 Å². The van der Waals surface area contributed by atoms with Gasteiger partial charge in [0.05, 0.1) is 0 Å². The number of halogens is 2. The summed E-state index contributed by atoms with van der Waals surface area (Å²) in [5.74, 6) is 0.560. The van der Waals surface area contributed by atoms with E-state index in [-0.39, 0.29) is 46.5 Å². The molecule has 4 heteroatoms. The SMILES string of the molecule is CC1=[C-]C(C)C(C)=C1C.CCCC[NH-].Cl.Cl.[Ti+2]. The average molecular weight is 314 g/mol. The van der Waals surface area contributed by atoms with E-state index in [2.05, 4.69) is 40.7 Å². The Kier molecular flexibility index (Phi) is 22.9. The molecule has 0 bridgehead atoms. The van der Waals surface area contributed by atoms with Crippen molar-refractivity contribution in [1.82, 2.24) is 0 Å². The molecule has 0 aromatic carbocycles. The van der Waals surface area contributed by atoms with Gasteiger partial charge in [-0.1, -0.05) is 46.5 Å². The summed E-state index contributed by atoms with van der Waals surface area (Å²) in [6.07, 6.45) is 5.57. The Bertz CT molecular complexity index is 236. The smallest absolute Gasteiger partial charge is 0.677 e. The molecule has 1 atom stereocenters. The Hall–Kier alpha value is 0.734. The van der Waals surface area contributed by atoms with Crippen LogP contribution in [0.2, 0.25) is 0 Å². The number of rotatable bonds is 2. The van der Waals surface area contributed by atoms with Gasteiger partial charge in [0.1, 0.15) is 0 Å². The Morgan fingerprint density at radius 2 is 1.65 bits per heavy atom. The van der Waals surface area contributed by atoms with Crippen LogP contribution in [0.15, 0.2) is 16.7 Å². The maximum Gasteiger partial charge on any atom is 2.00 e. The number of hydrogen-bond acceptors (Lipinski definition) is 0. The second-order valence-corrected chi connectivity index (χ2v) is 3.90. The van der Waals surface area contributed by atoms with Crippen LogP contribution in [0.25, 0.3) is 5.73 Å². The van der Waals surface area contributed by atoms with Gasteiger partial charge in [-0.2, -0.15) is 17.7 Å². The summed E-state index contributed by atoms with van der Waals surface area (Å²) in [5.41, 5.74) is 10.8. The fraction of sp³-hybridized carbons (Fsp3) is 0.692. The van der Waals surface area contributed by atoms with Gasteiger partial charge in [0, 0.05) is 0 Å². The minimum absolute atomic E-state index is 0. The molecule has 1 unspecified atom stereocenters. The van der Waals surface area contributed by atoms with Crippen molar-refractivity contribution < 1.29 is 21.7 Å². The van der Waals surface area contributed by atoms with Gasteiger partial charge in [0.15, 0.2) is 0 Å². The summed E-state index contributed by atoms with van der Waals surface area (Å²) in [7, 11) is 0. The summed E-state index contributed by atoms with van der Waals surface area (Å²) < 4.78 is 0. The normalized spacial score (nSPS) is 16.8. The minimum atomic E-state index is 0. The second-order valence-electron chi connectivity index (χ2n) is 3.90. The Morgan fingerprint density at radius 3 is 1.71 bits per heavy atom. The van der Waals surface area contributed by atoms with Crippen LogP contribution in [-0.2, 0) is 21.7 Å². The maximum atomic E-state index is 6.60. The fourth-order valence-electron chi connectivity index (χ4n) is 1.34. The average Bonchev–Trinajstić information content (AvgIpc) is 2.36. The van der Waals surface area contributed by atoms with Gasteiger partial charge in [-0.25, -0.2) is 5.57 Å². The first-order valence-electron chi connectivity index (χ1n) is 5.47. The van der Waals surface area contributed by atoms with Crippen molar-refractivity contribution in [3.8, 4) is 0 Å². The van der Waals surface area contributed by atoms with E-state index in [4.69, 9.17) is 5.73 Å². The van der Waals surface area contributed by atoms with Gasteiger partial charge in [-0.05, 0) is 0 Å². The monoisotopic (exact) mass is 313 g/mol. The maximum absolute atomic E-state index is 6.60. The van der Waals surface area contributed by atoms with Crippen molar-refractivity contribution in [2.75, 3.05) is 6.54 Å². The summed E-state index contributed by atoms with van der Waals surface area (Å²) in [6, 6.07) is 0. The van der Waals surface area contributed by atoms with Gasteiger partial charge >= 0.3 is 21.7 Å². The van der Waals surface area contributed by atoms with Crippen LogP contribution in [0.1, 0.15) is 47.5 Å². The number of unbranched alkanes of at least 4 members (excludes halogenated alkanes) is 1. The Morgan fingerprint density at radius 1 is 1.18 bits per heavy atom. The summed E-state index contributed by atoms with van der Waals surface area (Å²) in [6.45, 7) is 11.4. The van der Waals surface area contributed by atoms with E-state index in [0.717, 1.165) is 12.8 Å². The zero-order valence-corrected chi connectivity index (χ0v) is 14.7. The van der Waals surface area contributed by atoms with Crippen molar-refractivity contribution in [2.24, 2.45) is 5.92 Å². The van der Waals surface area contributed by atoms with Crippen molar-refractivity contribution in [2.45, 2.75) is 47.5 Å². The summed E-state index contributed by atoms with van der Waals surface area (Å²) in [4.78, 5) is 0. The molecule has 100 valence electrons. The fourth-order valence-corrected chi connectivity index (χ4v) is 1.34. The molecule has 1 rings (SSSR count). The third kappa shape index (κ3) is 10.4. The third-order valence-electron chi connectivity index (χ3n) is 2.77. The first kappa shape index (κ1) is 26.3. The molecule has 0 saturated heterocycles. The quantitative estimate of drug-likeness (QED) is 0.481. The van der Waals surface area contributed by atoms with Gasteiger partial charge in [-0.3, -0.25) is 6.08 Å². The molecule has 0 aromatic heterocycles. The van der Waals surface area contributed by atoms with Crippen molar-refractivity contribution in [3.05, 3.63) is 28.5 Å². The zero-order valence-electron chi connectivity index (χ0n) is 11.5. The van der Waals surface area contributed by atoms with Crippen molar-refractivity contribution in [3.63, 3.8) is 0 Å². The molecule has 1 nitrogen and oxygen atoms in total. The van der Waals surface area contributed by atoms with Crippen LogP contribution < -0.4 is 0 Å². The zero-order chi connectivity index (χ0) is 11.1. The molecule has 0 aromatic rings. The molecular weight excluding hydrogens is 289 g/mol. The molecule has 17 heavy (non-hydrogen) atoms. The summed E-state index contributed by atoms with van der Waals surface area (Å²) >= 11 is 0. The molecule has 0 fully saturated rings. The van der Waals surface area contributed by atoms with Crippen molar-refractivity contribution >= 4 is 24.8 Å². The van der Waals surface area contributed by atoms with Crippen LogP contribution in [0.5, 0.6) is 0 Å². The van der Waals surface area contributed by atoms with Gasteiger partial charge in [-0.15, -0.1) is 31.7 Å². The minimum Gasteiger partial charge on any atom is -0.677 e. The third-order valence-corrected chi connectivity index (χ3v) is 2.77.